The van der Waals surface area contributed by atoms with Crippen LogP contribution in [-0.2, 0) is 9.59 Å². The molecule has 0 aliphatic heterocycles. The number of carboxylic acid groups (broad SMARTS) is 1. The van der Waals surface area contributed by atoms with Crippen LogP contribution in [0, 0.1) is 20.8 Å². The summed E-state index contributed by atoms with van der Waals surface area (Å²) in [4.78, 5) is 27.9. The van der Waals surface area contributed by atoms with Gasteiger partial charge < -0.3 is 10.4 Å². The molecule has 1 heterocycles. The van der Waals surface area contributed by atoms with Crippen molar-refractivity contribution in [1.29, 1.82) is 0 Å². The Balaban J connectivity index is 2.10. The predicted molar refractivity (Wildman–Crippen MR) is 91.9 cm³/mol. The van der Waals surface area contributed by atoms with Crippen molar-refractivity contribution in [2.45, 2.75) is 40.0 Å². The maximum atomic E-state index is 11.8. The summed E-state index contributed by atoms with van der Waals surface area (Å²) in [5, 5.41) is 11.9. The van der Waals surface area contributed by atoms with Crippen LogP contribution in [0.3, 0.4) is 0 Å². The van der Waals surface area contributed by atoms with Crippen LogP contribution in [0.4, 0.5) is 5.13 Å². The molecule has 0 aliphatic carbocycles. The van der Waals surface area contributed by atoms with E-state index >= 15 is 0 Å². The van der Waals surface area contributed by atoms with Crippen LogP contribution in [-0.4, -0.2) is 22.0 Å². The van der Waals surface area contributed by atoms with Crippen LogP contribution in [0.25, 0.3) is 11.3 Å². The molecule has 0 spiro atoms. The molecule has 2 aromatic rings. The highest BCUT2D eigenvalue weighted by Gasteiger charge is 2.14. The van der Waals surface area contributed by atoms with Crippen molar-refractivity contribution >= 4 is 28.3 Å². The van der Waals surface area contributed by atoms with E-state index in [2.05, 4.69) is 28.5 Å². The van der Waals surface area contributed by atoms with Gasteiger partial charge in [-0.3, -0.25) is 9.59 Å². The van der Waals surface area contributed by atoms with Crippen LogP contribution in [0.1, 0.15) is 35.3 Å². The lowest BCUT2D eigenvalue weighted by Crippen LogP contribution is -2.11. The number of thiazole rings is 1. The number of nitrogens with one attached hydrogen (secondary N) is 1. The molecule has 0 fully saturated rings. The van der Waals surface area contributed by atoms with E-state index < -0.39 is 5.97 Å². The minimum atomic E-state index is -0.889. The summed E-state index contributed by atoms with van der Waals surface area (Å²) in [6.07, 6.45) is 0.511. The molecule has 0 aliphatic rings. The third-order valence-electron chi connectivity index (χ3n) is 3.49. The molecule has 0 unspecified atom stereocenters. The Kier molecular flexibility index (Phi) is 5.50. The number of rotatable bonds is 6. The Hall–Kier alpha value is -2.21. The van der Waals surface area contributed by atoms with Crippen LogP contribution >= 0.6 is 11.3 Å². The van der Waals surface area contributed by atoms with Crippen LogP contribution in [0.2, 0.25) is 0 Å². The number of aliphatic carboxylic acids is 1. The first kappa shape index (κ1) is 17.1. The Morgan fingerprint density at radius 3 is 2.65 bits per heavy atom. The number of aryl methyl sites for hydroxylation is 3. The number of amides is 1. The van der Waals surface area contributed by atoms with Crippen molar-refractivity contribution < 1.29 is 14.7 Å². The Morgan fingerprint density at radius 1 is 1.22 bits per heavy atom. The fourth-order valence-corrected chi connectivity index (χ4v) is 3.12. The van der Waals surface area contributed by atoms with E-state index in [1.165, 1.54) is 11.3 Å². The molecular formula is C17H20N2O3S. The zero-order chi connectivity index (χ0) is 17.0. The Morgan fingerprint density at radius 2 is 1.96 bits per heavy atom. The minimum Gasteiger partial charge on any atom is -0.481 e. The maximum absolute atomic E-state index is 11.8. The van der Waals surface area contributed by atoms with Gasteiger partial charge in [-0.2, -0.15) is 0 Å². The quantitative estimate of drug-likeness (QED) is 0.840. The van der Waals surface area contributed by atoms with Crippen molar-refractivity contribution in [3.05, 3.63) is 34.2 Å². The molecule has 0 atom stereocenters. The summed E-state index contributed by atoms with van der Waals surface area (Å²) in [6.45, 7) is 6.06. The molecule has 2 rings (SSSR count). The monoisotopic (exact) mass is 332 g/mol. The molecular weight excluding hydrogens is 312 g/mol. The molecule has 1 aromatic heterocycles. The van der Waals surface area contributed by atoms with Crippen molar-refractivity contribution in [3.63, 3.8) is 0 Å². The molecule has 0 saturated carbocycles. The molecule has 1 aromatic carbocycles. The van der Waals surface area contributed by atoms with Gasteiger partial charge in [0.15, 0.2) is 5.13 Å². The van der Waals surface area contributed by atoms with Crippen molar-refractivity contribution in [2.75, 3.05) is 5.32 Å². The zero-order valence-corrected chi connectivity index (χ0v) is 14.3. The summed E-state index contributed by atoms with van der Waals surface area (Å²) in [5.41, 5.74) is 4.27. The number of benzene rings is 1. The van der Waals surface area contributed by atoms with Gasteiger partial charge in [0.1, 0.15) is 0 Å². The standard InChI is InChI=1S/C17H20N2O3S/c1-10-7-8-11(2)13(9-10)16-12(3)23-17(19-16)18-14(20)5-4-6-15(21)22/h7-9H,4-6H2,1-3H3,(H,21,22)(H,18,19,20). The highest BCUT2D eigenvalue weighted by Crippen LogP contribution is 2.32. The van der Waals surface area contributed by atoms with Gasteiger partial charge in [0, 0.05) is 23.3 Å². The smallest absolute Gasteiger partial charge is 0.303 e. The number of anilines is 1. The van der Waals surface area contributed by atoms with Gasteiger partial charge in [-0.1, -0.05) is 17.7 Å². The topological polar surface area (TPSA) is 79.3 Å². The van der Waals surface area contributed by atoms with E-state index in [1.807, 2.05) is 20.8 Å². The van der Waals surface area contributed by atoms with Crippen molar-refractivity contribution in [1.82, 2.24) is 4.98 Å². The lowest BCUT2D eigenvalue weighted by atomic mass is 10.0. The van der Waals surface area contributed by atoms with Gasteiger partial charge in [-0.25, -0.2) is 4.98 Å². The molecule has 0 saturated heterocycles. The third kappa shape index (κ3) is 4.63. The molecule has 2 N–H and O–H groups in total. The number of nitrogens with zero attached hydrogens (tertiary/aromatic N) is 1. The van der Waals surface area contributed by atoms with Crippen LogP contribution in [0.5, 0.6) is 0 Å². The van der Waals surface area contributed by atoms with Crippen LogP contribution in [0.15, 0.2) is 18.2 Å². The Bertz CT molecular complexity index is 737. The Labute approximate surface area is 139 Å². The average molecular weight is 332 g/mol. The lowest BCUT2D eigenvalue weighted by Gasteiger charge is -2.05. The molecule has 122 valence electrons. The first-order chi connectivity index (χ1) is 10.9. The van der Waals surface area contributed by atoms with E-state index in [0.29, 0.717) is 11.6 Å². The molecule has 23 heavy (non-hydrogen) atoms. The van der Waals surface area contributed by atoms with E-state index in [1.54, 1.807) is 0 Å². The van der Waals surface area contributed by atoms with Gasteiger partial charge in [0.05, 0.1) is 5.69 Å². The van der Waals surface area contributed by atoms with Crippen LogP contribution < -0.4 is 5.32 Å². The number of carbonyl (C=O) groups is 2. The van der Waals surface area contributed by atoms with Gasteiger partial charge in [-0.15, -0.1) is 11.3 Å². The molecule has 1 amide bonds. The molecule has 5 nitrogen and oxygen atoms in total. The number of aromatic nitrogens is 1. The fourth-order valence-electron chi connectivity index (χ4n) is 2.27. The first-order valence-corrected chi connectivity index (χ1v) is 8.25. The normalized spacial score (nSPS) is 10.6. The highest BCUT2D eigenvalue weighted by molar-refractivity contribution is 7.16. The molecule has 6 heteroatoms. The summed E-state index contributed by atoms with van der Waals surface area (Å²) in [5.74, 6) is -1.09. The third-order valence-corrected chi connectivity index (χ3v) is 4.37. The lowest BCUT2D eigenvalue weighted by molar-refractivity contribution is -0.137. The second kappa shape index (κ2) is 7.37. The molecule has 0 radical (unpaired) electrons. The number of carbonyl (C=O) groups excluding carboxylic acids is 1. The number of hydrogen-bond acceptors (Lipinski definition) is 4. The largest absolute Gasteiger partial charge is 0.481 e. The van der Waals surface area contributed by atoms with E-state index in [0.717, 1.165) is 27.3 Å². The van der Waals surface area contributed by atoms with E-state index in [9.17, 15) is 9.59 Å². The zero-order valence-electron chi connectivity index (χ0n) is 13.5. The van der Waals surface area contributed by atoms with E-state index in [-0.39, 0.29) is 18.7 Å². The van der Waals surface area contributed by atoms with Crippen molar-refractivity contribution in [2.24, 2.45) is 0 Å². The van der Waals surface area contributed by atoms with Crippen molar-refractivity contribution in [3.8, 4) is 11.3 Å². The first-order valence-electron chi connectivity index (χ1n) is 7.43. The summed E-state index contributed by atoms with van der Waals surface area (Å²) >= 11 is 1.43. The van der Waals surface area contributed by atoms with E-state index in [4.69, 9.17) is 5.11 Å². The number of carboxylic acids is 1. The molecule has 0 bridgehead atoms. The van der Waals surface area contributed by atoms with Gasteiger partial charge in [0.25, 0.3) is 0 Å². The summed E-state index contributed by atoms with van der Waals surface area (Å²) in [6, 6.07) is 6.22. The summed E-state index contributed by atoms with van der Waals surface area (Å²) < 4.78 is 0. The average Bonchev–Trinajstić information content (AvgIpc) is 2.81. The second-order valence-electron chi connectivity index (χ2n) is 5.54. The van der Waals surface area contributed by atoms with Gasteiger partial charge >= 0.3 is 5.97 Å². The summed E-state index contributed by atoms with van der Waals surface area (Å²) in [7, 11) is 0. The fraction of sp³-hybridized carbons (Fsp3) is 0.353. The highest BCUT2D eigenvalue weighted by atomic mass is 32.1. The second-order valence-corrected chi connectivity index (χ2v) is 6.74. The van der Waals surface area contributed by atoms with Gasteiger partial charge in [0.2, 0.25) is 5.91 Å². The maximum Gasteiger partial charge on any atom is 0.303 e. The SMILES string of the molecule is Cc1ccc(C)c(-c2nc(NC(=O)CCCC(=O)O)sc2C)c1. The van der Waals surface area contributed by atoms with Gasteiger partial charge in [-0.05, 0) is 38.8 Å². The minimum absolute atomic E-state index is 0.00193. The predicted octanol–water partition coefficient (Wildman–Crippen LogP) is 3.93. The number of hydrogen-bond donors (Lipinski definition) is 2.